The second-order valence-corrected chi connectivity index (χ2v) is 6.46. The average Bonchev–Trinajstić information content (AvgIpc) is 2.91. The summed E-state index contributed by atoms with van der Waals surface area (Å²) in [5.74, 6) is -0.925. The second kappa shape index (κ2) is 6.80. The van der Waals surface area contributed by atoms with Gasteiger partial charge in [0.25, 0.3) is 0 Å². The minimum absolute atomic E-state index is 0.0707. The number of sulfonamides is 1. The summed E-state index contributed by atoms with van der Waals surface area (Å²) in [6.07, 6.45) is 2.75. The maximum Gasteiger partial charge on any atom is 0.326 e. The molecule has 2 rings (SSSR count). The topological polar surface area (TPSA) is 111 Å². The number of aryl methyl sites for hydroxylation is 1. The number of hydrogen-bond donors (Lipinski definition) is 2. The van der Waals surface area contributed by atoms with Crippen molar-refractivity contribution < 1.29 is 23.1 Å². The van der Waals surface area contributed by atoms with Gasteiger partial charge in [0.15, 0.2) is 0 Å². The molecule has 124 valence electrons. The van der Waals surface area contributed by atoms with Crippen molar-refractivity contribution in [2.75, 3.05) is 6.61 Å². The van der Waals surface area contributed by atoms with Crippen molar-refractivity contribution in [3.8, 4) is 5.75 Å². The van der Waals surface area contributed by atoms with Crippen molar-refractivity contribution in [3.05, 3.63) is 42.2 Å². The van der Waals surface area contributed by atoms with E-state index >= 15 is 0 Å². The molecule has 1 aromatic heterocycles. The quantitative estimate of drug-likeness (QED) is 0.776. The first kappa shape index (κ1) is 17.0. The fourth-order valence-electron chi connectivity index (χ4n) is 1.97. The van der Waals surface area contributed by atoms with Crippen molar-refractivity contribution in [1.29, 1.82) is 0 Å². The van der Waals surface area contributed by atoms with Crippen LogP contribution in [0, 0.1) is 0 Å². The molecule has 1 unspecified atom stereocenters. The lowest BCUT2D eigenvalue weighted by Crippen LogP contribution is -2.33. The van der Waals surface area contributed by atoms with E-state index in [1.165, 1.54) is 35.3 Å². The average molecular weight is 339 g/mol. The van der Waals surface area contributed by atoms with E-state index in [0.29, 0.717) is 12.4 Å². The first-order chi connectivity index (χ1) is 10.8. The van der Waals surface area contributed by atoms with Gasteiger partial charge in [-0.05, 0) is 19.1 Å². The van der Waals surface area contributed by atoms with Crippen LogP contribution in [0.25, 0.3) is 0 Å². The van der Waals surface area contributed by atoms with Gasteiger partial charge in [-0.2, -0.15) is 9.82 Å². The van der Waals surface area contributed by atoms with Crippen LogP contribution in [0.3, 0.4) is 0 Å². The van der Waals surface area contributed by atoms with Crippen LogP contribution in [0.2, 0.25) is 0 Å². The van der Waals surface area contributed by atoms with Gasteiger partial charge in [-0.3, -0.25) is 9.48 Å². The summed E-state index contributed by atoms with van der Waals surface area (Å²) >= 11 is 0. The predicted molar refractivity (Wildman–Crippen MR) is 81.5 cm³/mol. The molecule has 23 heavy (non-hydrogen) atoms. The van der Waals surface area contributed by atoms with Crippen LogP contribution in [-0.4, -0.2) is 35.9 Å². The van der Waals surface area contributed by atoms with Crippen LogP contribution < -0.4 is 9.46 Å². The molecule has 0 saturated heterocycles. The molecule has 1 atom stereocenters. The Morgan fingerprint density at radius 3 is 2.78 bits per heavy atom. The minimum atomic E-state index is -4.03. The largest absolute Gasteiger partial charge is 0.494 e. The number of carbonyl (C=O) groups is 1. The molecule has 0 spiro atoms. The van der Waals surface area contributed by atoms with Gasteiger partial charge in [0.05, 0.1) is 17.7 Å². The molecule has 0 aliphatic heterocycles. The summed E-state index contributed by atoms with van der Waals surface area (Å²) in [5, 5.41) is 13.2. The number of carboxylic acid groups (broad SMARTS) is 1. The molecular formula is C14H17N3O5S. The minimum Gasteiger partial charge on any atom is -0.494 e. The molecule has 8 nitrogen and oxygen atoms in total. The molecule has 0 fully saturated rings. The van der Waals surface area contributed by atoms with Gasteiger partial charge in [-0.15, -0.1) is 0 Å². The third-order valence-electron chi connectivity index (χ3n) is 3.00. The fraction of sp³-hybridized carbons (Fsp3) is 0.286. The number of carboxylic acids is 1. The Balaban J connectivity index is 2.31. The molecule has 0 amide bonds. The molecule has 2 N–H and O–H groups in total. The molecule has 0 radical (unpaired) electrons. The lowest BCUT2D eigenvalue weighted by atomic mass is 10.2. The Labute approximate surface area is 133 Å². The molecular weight excluding hydrogens is 322 g/mol. The van der Waals surface area contributed by atoms with E-state index in [2.05, 4.69) is 9.82 Å². The highest BCUT2D eigenvalue weighted by Gasteiger charge is 2.28. The van der Waals surface area contributed by atoms with Gasteiger partial charge in [-0.1, -0.05) is 6.07 Å². The molecule has 1 aromatic carbocycles. The number of nitrogens with one attached hydrogen (secondary N) is 1. The zero-order valence-electron chi connectivity index (χ0n) is 12.6. The van der Waals surface area contributed by atoms with E-state index in [9.17, 15) is 18.3 Å². The first-order valence-electron chi connectivity index (χ1n) is 6.80. The Morgan fingerprint density at radius 1 is 1.48 bits per heavy atom. The van der Waals surface area contributed by atoms with Crippen molar-refractivity contribution in [3.63, 3.8) is 0 Å². The Hall–Kier alpha value is -2.39. The molecule has 2 aromatic rings. The number of rotatable bonds is 7. The third-order valence-corrected chi connectivity index (χ3v) is 4.43. The van der Waals surface area contributed by atoms with Crippen molar-refractivity contribution in [2.45, 2.75) is 17.9 Å². The van der Waals surface area contributed by atoms with Crippen molar-refractivity contribution >= 4 is 16.0 Å². The molecule has 0 aliphatic rings. The van der Waals surface area contributed by atoms with Crippen LogP contribution in [-0.2, 0) is 21.9 Å². The van der Waals surface area contributed by atoms with Gasteiger partial charge in [0, 0.05) is 24.9 Å². The van der Waals surface area contributed by atoms with Gasteiger partial charge >= 0.3 is 5.97 Å². The summed E-state index contributed by atoms with van der Waals surface area (Å²) in [4.78, 5) is 11.3. The molecule has 1 heterocycles. The van der Waals surface area contributed by atoms with E-state index in [-0.39, 0.29) is 10.5 Å². The molecule has 0 aliphatic carbocycles. The van der Waals surface area contributed by atoms with E-state index < -0.39 is 22.0 Å². The zero-order valence-corrected chi connectivity index (χ0v) is 13.4. The highest BCUT2D eigenvalue weighted by Crippen LogP contribution is 2.21. The Kier molecular flexibility index (Phi) is 5.02. The molecule has 0 bridgehead atoms. The standard InChI is InChI=1S/C14H17N3O5S/c1-3-22-11-5-4-6-12(7-11)23(20,21)16-13(14(18)19)10-8-15-17(2)9-10/h4-9,13,16H,3H2,1-2H3,(H,18,19). The molecule has 9 heteroatoms. The van der Waals surface area contributed by atoms with E-state index in [4.69, 9.17) is 4.74 Å². The van der Waals surface area contributed by atoms with Crippen molar-refractivity contribution in [2.24, 2.45) is 7.05 Å². The fourth-order valence-corrected chi connectivity index (χ4v) is 3.18. The monoisotopic (exact) mass is 339 g/mol. The maximum atomic E-state index is 12.4. The van der Waals surface area contributed by atoms with Gasteiger partial charge < -0.3 is 9.84 Å². The number of nitrogens with zero attached hydrogens (tertiary/aromatic N) is 2. The third kappa shape index (κ3) is 4.08. The van der Waals surface area contributed by atoms with E-state index in [1.807, 2.05) is 0 Å². The van der Waals surface area contributed by atoms with Crippen LogP contribution in [0.1, 0.15) is 18.5 Å². The highest BCUT2D eigenvalue weighted by atomic mass is 32.2. The molecule has 0 saturated carbocycles. The van der Waals surface area contributed by atoms with Crippen LogP contribution in [0.15, 0.2) is 41.6 Å². The smallest absolute Gasteiger partial charge is 0.326 e. The van der Waals surface area contributed by atoms with Gasteiger partial charge in [0.1, 0.15) is 11.8 Å². The number of ether oxygens (including phenoxy) is 1. The maximum absolute atomic E-state index is 12.4. The second-order valence-electron chi connectivity index (χ2n) is 4.75. The Bertz CT molecular complexity index is 800. The SMILES string of the molecule is CCOc1cccc(S(=O)(=O)NC(C(=O)O)c2cnn(C)c2)c1. The first-order valence-corrected chi connectivity index (χ1v) is 8.28. The summed E-state index contributed by atoms with van der Waals surface area (Å²) in [7, 11) is -2.42. The van der Waals surface area contributed by atoms with E-state index in [0.717, 1.165) is 0 Å². The summed E-state index contributed by atoms with van der Waals surface area (Å²) in [6, 6.07) is 4.43. The zero-order chi connectivity index (χ0) is 17.0. The normalized spacial score (nSPS) is 12.8. The lowest BCUT2D eigenvalue weighted by Gasteiger charge is -2.14. The van der Waals surface area contributed by atoms with Gasteiger partial charge in [-0.25, -0.2) is 8.42 Å². The Morgan fingerprint density at radius 2 is 2.22 bits per heavy atom. The van der Waals surface area contributed by atoms with Crippen LogP contribution >= 0.6 is 0 Å². The van der Waals surface area contributed by atoms with Crippen LogP contribution in [0.4, 0.5) is 0 Å². The number of benzene rings is 1. The van der Waals surface area contributed by atoms with Crippen molar-refractivity contribution in [1.82, 2.24) is 14.5 Å². The summed E-state index contributed by atoms with van der Waals surface area (Å²) in [6.45, 7) is 2.17. The van der Waals surface area contributed by atoms with Crippen LogP contribution in [0.5, 0.6) is 5.75 Å². The van der Waals surface area contributed by atoms with E-state index in [1.54, 1.807) is 20.0 Å². The number of aromatic nitrogens is 2. The highest BCUT2D eigenvalue weighted by molar-refractivity contribution is 7.89. The number of hydrogen-bond acceptors (Lipinski definition) is 5. The lowest BCUT2D eigenvalue weighted by molar-refractivity contribution is -0.139. The summed E-state index contributed by atoms with van der Waals surface area (Å²) in [5.41, 5.74) is 0.240. The van der Waals surface area contributed by atoms with Gasteiger partial charge in [0.2, 0.25) is 10.0 Å². The predicted octanol–water partition coefficient (Wildman–Crippen LogP) is 0.923. The number of aliphatic carboxylic acids is 1. The summed E-state index contributed by atoms with van der Waals surface area (Å²) < 4.78 is 33.7.